The molecule has 1 aliphatic heterocycles. The minimum absolute atomic E-state index is 0.616. The number of fused-ring (bicyclic) bond motifs is 1. The molecule has 118 valence electrons. The van der Waals surface area contributed by atoms with Crippen LogP contribution in [0.2, 0.25) is 0 Å². The Balaban J connectivity index is 1.98. The number of benzene rings is 1. The number of aromatic amines is 1. The second-order valence-electron chi connectivity index (χ2n) is 5.54. The summed E-state index contributed by atoms with van der Waals surface area (Å²) in [6.45, 7) is 7.20. The highest BCUT2D eigenvalue weighted by atomic mass is 16.5. The zero-order valence-corrected chi connectivity index (χ0v) is 13.5. The summed E-state index contributed by atoms with van der Waals surface area (Å²) in [4.78, 5) is 2.32. The molecule has 5 heteroatoms. The van der Waals surface area contributed by atoms with E-state index >= 15 is 0 Å². The van der Waals surface area contributed by atoms with Crippen LogP contribution >= 0.6 is 0 Å². The molecule has 1 N–H and O–H groups in total. The average molecular weight is 301 g/mol. The van der Waals surface area contributed by atoms with Crippen LogP contribution in [0.25, 0.3) is 11.3 Å². The first-order valence-corrected chi connectivity index (χ1v) is 7.87. The highest BCUT2D eigenvalue weighted by molar-refractivity contribution is 5.68. The molecule has 0 aliphatic carbocycles. The lowest BCUT2D eigenvalue weighted by Gasteiger charge is -2.22. The van der Waals surface area contributed by atoms with Crippen molar-refractivity contribution in [2.24, 2.45) is 0 Å². The summed E-state index contributed by atoms with van der Waals surface area (Å²) in [6, 6.07) is 6.05. The predicted molar refractivity (Wildman–Crippen MR) is 86.4 cm³/mol. The minimum Gasteiger partial charge on any atom is -0.490 e. The molecule has 3 rings (SSSR count). The number of H-pyrrole nitrogens is 1. The van der Waals surface area contributed by atoms with E-state index in [0.717, 1.165) is 42.3 Å². The molecule has 5 nitrogen and oxygen atoms in total. The maximum atomic E-state index is 5.72. The van der Waals surface area contributed by atoms with Crippen molar-refractivity contribution in [3.63, 3.8) is 0 Å². The van der Waals surface area contributed by atoms with Gasteiger partial charge in [0.25, 0.3) is 0 Å². The Bertz CT molecular complexity index is 651. The molecule has 0 unspecified atom stereocenters. The molecule has 1 aromatic carbocycles. The largest absolute Gasteiger partial charge is 0.490 e. The van der Waals surface area contributed by atoms with E-state index in [1.54, 1.807) is 0 Å². The molecule has 1 aromatic heterocycles. The Morgan fingerprint density at radius 1 is 1.18 bits per heavy atom. The van der Waals surface area contributed by atoms with Gasteiger partial charge in [-0.3, -0.25) is 5.10 Å². The van der Waals surface area contributed by atoms with E-state index in [2.05, 4.69) is 28.2 Å². The van der Waals surface area contributed by atoms with Crippen molar-refractivity contribution in [3.05, 3.63) is 29.5 Å². The molecule has 0 saturated carbocycles. The number of hydrogen-bond donors (Lipinski definition) is 1. The molecule has 0 spiro atoms. The molecule has 2 aromatic rings. The third-order valence-electron chi connectivity index (χ3n) is 3.94. The zero-order valence-electron chi connectivity index (χ0n) is 13.5. The normalized spacial score (nSPS) is 14.7. The van der Waals surface area contributed by atoms with E-state index in [1.807, 2.05) is 26.0 Å². The van der Waals surface area contributed by atoms with Crippen LogP contribution in [-0.4, -0.2) is 41.9 Å². The molecule has 0 saturated heterocycles. The number of nitrogens with one attached hydrogen (secondary N) is 1. The standard InChI is InChI=1S/C17H23N3O2/c1-4-21-15-7-6-12(10-16(15)22-5-2)17-13-11-20(3)9-8-14(13)18-19-17/h6-7,10H,4-5,8-9,11H2,1-3H3,(H,18,19). The Hall–Kier alpha value is -2.01. The van der Waals surface area contributed by atoms with E-state index in [9.17, 15) is 0 Å². The quantitative estimate of drug-likeness (QED) is 0.922. The van der Waals surface area contributed by atoms with Gasteiger partial charge in [-0.05, 0) is 39.1 Å². The van der Waals surface area contributed by atoms with Crippen LogP contribution in [0.3, 0.4) is 0 Å². The molecule has 0 bridgehead atoms. The summed E-state index contributed by atoms with van der Waals surface area (Å²) >= 11 is 0. The van der Waals surface area contributed by atoms with Crippen molar-refractivity contribution in [1.82, 2.24) is 15.1 Å². The summed E-state index contributed by atoms with van der Waals surface area (Å²) in [7, 11) is 2.14. The molecule has 2 heterocycles. The smallest absolute Gasteiger partial charge is 0.161 e. The number of hydrogen-bond acceptors (Lipinski definition) is 4. The minimum atomic E-state index is 0.616. The average Bonchev–Trinajstić information content (AvgIpc) is 2.92. The monoisotopic (exact) mass is 301 g/mol. The van der Waals surface area contributed by atoms with Gasteiger partial charge in [-0.25, -0.2) is 0 Å². The fourth-order valence-electron chi connectivity index (χ4n) is 2.87. The first kappa shape index (κ1) is 14.9. The van der Waals surface area contributed by atoms with Gasteiger partial charge in [-0.2, -0.15) is 5.10 Å². The predicted octanol–water partition coefficient (Wildman–Crippen LogP) is 2.86. The van der Waals surface area contributed by atoms with Crippen LogP contribution in [-0.2, 0) is 13.0 Å². The van der Waals surface area contributed by atoms with Gasteiger partial charge in [0.2, 0.25) is 0 Å². The Morgan fingerprint density at radius 2 is 1.95 bits per heavy atom. The van der Waals surface area contributed by atoms with Gasteiger partial charge in [0.1, 0.15) is 0 Å². The van der Waals surface area contributed by atoms with Crippen LogP contribution in [0.5, 0.6) is 11.5 Å². The SMILES string of the molecule is CCOc1ccc(-c2n[nH]c3c2CN(C)CC3)cc1OCC. The molecule has 1 aliphatic rings. The van der Waals surface area contributed by atoms with E-state index < -0.39 is 0 Å². The van der Waals surface area contributed by atoms with E-state index in [-0.39, 0.29) is 0 Å². The number of ether oxygens (including phenoxy) is 2. The lowest BCUT2D eigenvalue weighted by atomic mass is 10.0. The van der Waals surface area contributed by atoms with E-state index in [0.29, 0.717) is 13.2 Å². The van der Waals surface area contributed by atoms with Gasteiger partial charge >= 0.3 is 0 Å². The van der Waals surface area contributed by atoms with E-state index in [1.165, 1.54) is 11.3 Å². The topological polar surface area (TPSA) is 50.4 Å². The Kier molecular flexibility index (Phi) is 4.34. The summed E-state index contributed by atoms with van der Waals surface area (Å²) < 4.78 is 11.4. The maximum Gasteiger partial charge on any atom is 0.161 e. The van der Waals surface area contributed by atoms with Crippen molar-refractivity contribution in [1.29, 1.82) is 0 Å². The number of aromatic nitrogens is 2. The Labute approximate surface area is 131 Å². The molecular formula is C17H23N3O2. The summed E-state index contributed by atoms with van der Waals surface area (Å²) in [5.74, 6) is 1.57. The number of rotatable bonds is 5. The van der Waals surface area contributed by atoms with Crippen molar-refractivity contribution in [2.45, 2.75) is 26.8 Å². The summed E-state index contributed by atoms with van der Waals surface area (Å²) in [6.07, 6.45) is 1.02. The van der Waals surface area contributed by atoms with Gasteiger partial charge in [0.15, 0.2) is 11.5 Å². The number of nitrogens with zero attached hydrogens (tertiary/aromatic N) is 2. The molecule has 22 heavy (non-hydrogen) atoms. The second kappa shape index (κ2) is 6.40. The van der Waals surface area contributed by atoms with Crippen LogP contribution < -0.4 is 9.47 Å². The summed E-state index contributed by atoms with van der Waals surface area (Å²) in [5, 5.41) is 7.72. The van der Waals surface area contributed by atoms with Gasteiger partial charge < -0.3 is 14.4 Å². The first-order valence-electron chi connectivity index (χ1n) is 7.87. The molecule has 0 fully saturated rings. The number of likely N-dealkylation sites (N-methyl/N-ethyl adjacent to an activating group) is 1. The lowest BCUT2D eigenvalue weighted by molar-refractivity contribution is 0.288. The molecule has 0 amide bonds. The first-order chi connectivity index (χ1) is 10.7. The fourth-order valence-corrected chi connectivity index (χ4v) is 2.87. The molecule has 0 radical (unpaired) electrons. The third-order valence-corrected chi connectivity index (χ3v) is 3.94. The van der Waals surface area contributed by atoms with Crippen molar-refractivity contribution >= 4 is 0 Å². The van der Waals surface area contributed by atoms with Gasteiger partial charge in [0, 0.05) is 36.3 Å². The van der Waals surface area contributed by atoms with Gasteiger partial charge in [0.05, 0.1) is 18.9 Å². The van der Waals surface area contributed by atoms with Crippen molar-refractivity contribution in [3.8, 4) is 22.8 Å². The molecular weight excluding hydrogens is 278 g/mol. The fraction of sp³-hybridized carbons (Fsp3) is 0.471. The Morgan fingerprint density at radius 3 is 2.73 bits per heavy atom. The van der Waals surface area contributed by atoms with Crippen LogP contribution in [0, 0.1) is 0 Å². The maximum absolute atomic E-state index is 5.72. The van der Waals surface area contributed by atoms with E-state index in [4.69, 9.17) is 9.47 Å². The van der Waals surface area contributed by atoms with Crippen LogP contribution in [0.15, 0.2) is 18.2 Å². The molecule has 0 atom stereocenters. The van der Waals surface area contributed by atoms with Crippen molar-refractivity contribution < 1.29 is 9.47 Å². The lowest BCUT2D eigenvalue weighted by Crippen LogP contribution is -2.26. The summed E-state index contributed by atoms with van der Waals surface area (Å²) in [5.41, 5.74) is 4.63. The third kappa shape index (κ3) is 2.81. The van der Waals surface area contributed by atoms with Crippen LogP contribution in [0.1, 0.15) is 25.1 Å². The second-order valence-corrected chi connectivity index (χ2v) is 5.54. The zero-order chi connectivity index (χ0) is 15.5. The van der Waals surface area contributed by atoms with Gasteiger partial charge in [-0.1, -0.05) is 0 Å². The van der Waals surface area contributed by atoms with Gasteiger partial charge in [-0.15, -0.1) is 0 Å². The van der Waals surface area contributed by atoms with Crippen molar-refractivity contribution in [2.75, 3.05) is 26.8 Å². The van der Waals surface area contributed by atoms with Crippen LogP contribution in [0.4, 0.5) is 0 Å². The highest BCUT2D eigenvalue weighted by Crippen LogP contribution is 2.35. The highest BCUT2D eigenvalue weighted by Gasteiger charge is 2.21.